The van der Waals surface area contributed by atoms with Gasteiger partial charge in [-0.25, -0.2) is 5.10 Å². The number of fused-ring (bicyclic) bond motifs is 2. The van der Waals surface area contributed by atoms with Crippen LogP contribution in [0.4, 0.5) is 5.95 Å². The van der Waals surface area contributed by atoms with E-state index in [9.17, 15) is 9.90 Å². The van der Waals surface area contributed by atoms with Crippen molar-refractivity contribution in [1.29, 1.82) is 0 Å². The van der Waals surface area contributed by atoms with Crippen molar-refractivity contribution in [2.45, 2.75) is 11.8 Å². The predicted octanol–water partition coefficient (Wildman–Crippen LogP) is 1.21. The van der Waals surface area contributed by atoms with E-state index in [0.29, 0.717) is 11.1 Å². The number of Topliss-reactive ketones (excluding diaryl/α,β-unsaturated/α-hetero) is 1. The summed E-state index contributed by atoms with van der Waals surface area (Å²) in [5.41, 5.74) is 2.18. The van der Waals surface area contributed by atoms with E-state index >= 15 is 0 Å². The highest BCUT2D eigenvalue weighted by molar-refractivity contribution is 7.71. The number of aromatic amines is 1. The summed E-state index contributed by atoms with van der Waals surface area (Å²) < 4.78 is 1.57. The Morgan fingerprint density at radius 1 is 1.40 bits per heavy atom. The van der Waals surface area contributed by atoms with E-state index in [0.717, 1.165) is 0 Å². The van der Waals surface area contributed by atoms with E-state index in [4.69, 9.17) is 12.2 Å². The average Bonchev–Trinajstić information content (AvgIpc) is 2.94. The first-order valence-corrected chi connectivity index (χ1v) is 6.24. The van der Waals surface area contributed by atoms with Crippen LogP contribution in [-0.2, 0) is 0 Å². The minimum Gasteiger partial charge on any atom is -0.383 e. The number of carbonyl (C=O) groups excluding carboxylic acids is 1. The minimum atomic E-state index is -1.58. The van der Waals surface area contributed by atoms with E-state index in [2.05, 4.69) is 25.9 Å². The SMILES string of the molecule is O=C1c2ccccc2C(O)C12N=Nc1n[nH]c(=S)n1N2. The standard InChI is InChI=1S/C11H8N6O2S/c18-7-5-3-1-2-4-6(5)8(19)11(7)15-13-9-12-14-10(20)17(9)16-11/h1-4,7,16,18H,(H,14,20). The number of rotatable bonds is 0. The fraction of sp³-hybridized carbons (Fsp3) is 0.182. The Hall–Kier alpha value is -2.39. The van der Waals surface area contributed by atoms with Gasteiger partial charge in [-0.3, -0.25) is 10.2 Å². The van der Waals surface area contributed by atoms with Crippen LogP contribution < -0.4 is 5.43 Å². The molecule has 9 heteroatoms. The van der Waals surface area contributed by atoms with Gasteiger partial charge >= 0.3 is 0 Å². The number of hydrogen-bond donors (Lipinski definition) is 3. The molecule has 0 fully saturated rings. The highest BCUT2D eigenvalue weighted by Gasteiger charge is 2.56. The molecule has 1 spiro atoms. The molecule has 100 valence electrons. The van der Waals surface area contributed by atoms with Gasteiger partial charge in [0, 0.05) is 5.56 Å². The Morgan fingerprint density at radius 2 is 2.20 bits per heavy atom. The van der Waals surface area contributed by atoms with Crippen LogP contribution in [0.1, 0.15) is 22.0 Å². The Balaban J connectivity index is 1.91. The van der Waals surface area contributed by atoms with Gasteiger partial charge in [-0.1, -0.05) is 24.3 Å². The predicted molar refractivity (Wildman–Crippen MR) is 69.8 cm³/mol. The Kier molecular flexibility index (Phi) is 2.05. The normalized spacial score (nSPS) is 26.4. The third-order valence-corrected chi connectivity index (χ3v) is 3.75. The Bertz CT molecular complexity index is 824. The maximum absolute atomic E-state index is 12.6. The number of H-pyrrole nitrogens is 1. The molecule has 1 aliphatic carbocycles. The second kappa shape index (κ2) is 3.58. The molecule has 4 rings (SSSR count). The van der Waals surface area contributed by atoms with E-state index in [1.54, 1.807) is 24.3 Å². The molecule has 2 aromatic rings. The zero-order chi connectivity index (χ0) is 13.9. The minimum absolute atomic E-state index is 0.205. The molecule has 0 saturated carbocycles. The summed E-state index contributed by atoms with van der Waals surface area (Å²) >= 11 is 5.04. The van der Waals surface area contributed by atoms with Crippen LogP contribution in [0.25, 0.3) is 0 Å². The summed E-state index contributed by atoms with van der Waals surface area (Å²) in [6.07, 6.45) is -1.14. The van der Waals surface area contributed by atoms with Gasteiger partial charge in [-0.15, -0.1) is 15.3 Å². The van der Waals surface area contributed by atoms with Crippen molar-refractivity contribution in [1.82, 2.24) is 14.9 Å². The van der Waals surface area contributed by atoms with Crippen LogP contribution in [0.15, 0.2) is 34.5 Å². The van der Waals surface area contributed by atoms with Crippen LogP contribution in [0.2, 0.25) is 0 Å². The lowest BCUT2D eigenvalue weighted by atomic mass is 10.1. The highest BCUT2D eigenvalue weighted by atomic mass is 32.1. The fourth-order valence-electron chi connectivity index (χ4n) is 2.48. The van der Waals surface area contributed by atoms with Crippen LogP contribution in [-0.4, -0.2) is 31.4 Å². The van der Waals surface area contributed by atoms with Gasteiger partial charge in [0.2, 0.25) is 10.6 Å². The number of nitrogens with zero attached hydrogens (tertiary/aromatic N) is 4. The van der Waals surface area contributed by atoms with Gasteiger partial charge in [-0.05, 0) is 17.8 Å². The molecule has 0 bridgehead atoms. The molecule has 2 unspecified atom stereocenters. The number of nitrogens with one attached hydrogen (secondary N) is 2. The summed E-state index contributed by atoms with van der Waals surface area (Å²) in [5, 5.41) is 24.7. The monoisotopic (exact) mass is 288 g/mol. The fourth-order valence-corrected chi connectivity index (χ4v) is 2.65. The summed E-state index contributed by atoms with van der Waals surface area (Å²) in [6, 6.07) is 6.83. The second-order valence-electron chi connectivity index (χ2n) is 4.56. The first-order chi connectivity index (χ1) is 9.63. The van der Waals surface area contributed by atoms with E-state index in [1.165, 1.54) is 4.68 Å². The van der Waals surface area contributed by atoms with Gasteiger partial charge < -0.3 is 5.11 Å². The average molecular weight is 288 g/mol. The first-order valence-electron chi connectivity index (χ1n) is 5.84. The maximum atomic E-state index is 12.6. The molecule has 2 atom stereocenters. The summed E-state index contributed by atoms with van der Waals surface area (Å²) in [6.45, 7) is 0. The van der Waals surface area contributed by atoms with Crippen LogP contribution in [0.3, 0.4) is 0 Å². The van der Waals surface area contributed by atoms with Crippen LogP contribution in [0.5, 0.6) is 0 Å². The third-order valence-electron chi connectivity index (χ3n) is 3.48. The molecule has 1 aromatic heterocycles. The zero-order valence-electron chi connectivity index (χ0n) is 9.94. The van der Waals surface area contributed by atoms with Gasteiger partial charge in [0.15, 0.2) is 0 Å². The number of benzene rings is 1. The lowest BCUT2D eigenvalue weighted by molar-refractivity contribution is 0.0672. The van der Waals surface area contributed by atoms with Crippen LogP contribution in [0, 0.1) is 4.77 Å². The largest absolute Gasteiger partial charge is 0.383 e. The summed E-state index contributed by atoms with van der Waals surface area (Å²) in [4.78, 5) is 12.6. The molecule has 0 radical (unpaired) electrons. The topological polar surface area (TPSA) is 108 Å². The Morgan fingerprint density at radius 3 is 3.00 bits per heavy atom. The molecule has 0 saturated heterocycles. The molecule has 8 nitrogen and oxygen atoms in total. The van der Waals surface area contributed by atoms with Crippen molar-refractivity contribution < 1.29 is 9.90 Å². The van der Waals surface area contributed by atoms with Crippen molar-refractivity contribution in [2.75, 3.05) is 5.43 Å². The van der Waals surface area contributed by atoms with Crippen molar-refractivity contribution >= 4 is 23.9 Å². The molecule has 20 heavy (non-hydrogen) atoms. The zero-order valence-corrected chi connectivity index (χ0v) is 10.8. The number of carbonyl (C=O) groups is 1. The molecule has 2 aliphatic rings. The smallest absolute Gasteiger partial charge is 0.287 e. The lowest BCUT2D eigenvalue weighted by Crippen LogP contribution is -2.50. The van der Waals surface area contributed by atoms with Crippen molar-refractivity contribution in [2.24, 2.45) is 10.2 Å². The molecule has 1 aromatic carbocycles. The molecule has 0 amide bonds. The molecule has 3 N–H and O–H groups in total. The van der Waals surface area contributed by atoms with E-state index in [-0.39, 0.29) is 16.5 Å². The molecular formula is C11H8N6O2S. The van der Waals surface area contributed by atoms with Gasteiger partial charge in [-0.2, -0.15) is 4.68 Å². The van der Waals surface area contributed by atoms with Gasteiger partial charge in [0.1, 0.15) is 6.10 Å². The Labute approximate surface area is 117 Å². The summed E-state index contributed by atoms with van der Waals surface area (Å²) in [5.74, 6) is -0.144. The molecule has 2 heterocycles. The second-order valence-corrected chi connectivity index (χ2v) is 4.95. The highest BCUT2D eigenvalue weighted by Crippen LogP contribution is 2.42. The molecule has 1 aliphatic heterocycles. The van der Waals surface area contributed by atoms with Crippen molar-refractivity contribution in [3.63, 3.8) is 0 Å². The number of ketones is 1. The lowest BCUT2D eigenvalue weighted by Gasteiger charge is -2.30. The van der Waals surface area contributed by atoms with E-state index in [1.807, 2.05) is 0 Å². The number of hydrogen-bond acceptors (Lipinski definition) is 7. The first kappa shape index (κ1) is 11.4. The third kappa shape index (κ3) is 1.20. The van der Waals surface area contributed by atoms with Gasteiger partial charge in [0.05, 0.1) is 0 Å². The number of aliphatic hydroxyl groups is 1. The number of aliphatic hydroxyl groups excluding tert-OH is 1. The number of aromatic nitrogens is 3. The summed E-state index contributed by atoms with van der Waals surface area (Å²) in [7, 11) is 0. The van der Waals surface area contributed by atoms with Crippen molar-refractivity contribution in [3.8, 4) is 0 Å². The quantitative estimate of drug-likeness (QED) is 0.631. The maximum Gasteiger partial charge on any atom is 0.287 e. The molecular weight excluding hydrogens is 280 g/mol. The van der Waals surface area contributed by atoms with Gasteiger partial charge in [0.25, 0.3) is 11.6 Å². The van der Waals surface area contributed by atoms with Crippen molar-refractivity contribution in [3.05, 3.63) is 40.2 Å². The van der Waals surface area contributed by atoms with Crippen LogP contribution >= 0.6 is 12.2 Å². The number of azo groups is 1. The van der Waals surface area contributed by atoms with E-state index < -0.39 is 11.8 Å².